The lowest BCUT2D eigenvalue weighted by atomic mass is 10.2. The molecule has 1 amide bonds. The van der Waals surface area contributed by atoms with Crippen LogP contribution < -0.4 is 5.73 Å². The molecule has 0 saturated carbocycles. The molecule has 1 rings (SSSR count). The van der Waals surface area contributed by atoms with Gasteiger partial charge in [-0.25, -0.2) is 4.79 Å². The number of benzene rings is 1. The average Bonchev–Trinajstić information content (AvgIpc) is 2.24. The zero-order valence-corrected chi connectivity index (χ0v) is 10.4. The molecule has 0 aliphatic carbocycles. The van der Waals surface area contributed by atoms with E-state index in [1.54, 1.807) is 11.8 Å². The normalized spacial score (nSPS) is 10.4. The van der Waals surface area contributed by atoms with Gasteiger partial charge < -0.3 is 10.5 Å². The van der Waals surface area contributed by atoms with Crippen molar-refractivity contribution in [3.63, 3.8) is 0 Å². The molecule has 4 heteroatoms. The summed E-state index contributed by atoms with van der Waals surface area (Å²) < 4.78 is 4.80. The van der Waals surface area contributed by atoms with Crippen LogP contribution in [-0.4, -0.2) is 11.8 Å². The Morgan fingerprint density at radius 2 is 2.12 bits per heavy atom. The van der Waals surface area contributed by atoms with Gasteiger partial charge in [-0.2, -0.15) is 0 Å². The Labute approximate surface area is 100 Å². The zero-order chi connectivity index (χ0) is 12.0. The van der Waals surface area contributed by atoms with Crippen LogP contribution in [0.2, 0.25) is 0 Å². The first kappa shape index (κ1) is 12.9. The lowest BCUT2D eigenvalue weighted by Gasteiger charge is -2.10. The number of carbonyl (C=O) groups is 1. The number of nitrogens with two attached hydrogens (primary N) is 1. The molecule has 0 aromatic heterocycles. The fraction of sp³-hybridized carbons (Fsp3) is 0.417. The first-order chi connectivity index (χ1) is 7.59. The SMILES string of the molecule is CC(C)CSc1ccccc1COC(N)=O. The second-order valence-electron chi connectivity index (χ2n) is 3.92. The molecule has 0 aliphatic rings. The predicted molar refractivity (Wildman–Crippen MR) is 66.4 cm³/mol. The highest BCUT2D eigenvalue weighted by atomic mass is 32.2. The summed E-state index contributed by atoms with van der Waals surface area (Å²) in [5.41, 5.74) is 5.95. The van der Waals surface area contributed by atoms with Gasteiger partial charge in [-0.1, -0.05) is 32.0 Å². The van der Waals surface area contributed by atoms with Gasteiger partial charge in [0.05, 0.1) is 0 Å². The average molecular weight is 239 g/mol. The minimum absolute atomic E-state index is 0.247. The van der Waals surface area contributed by atoms with Crippen LogP contribution >= 0.6 is 11.8 Å². The minimum atomic E-state index is -0.733. The molecule has 0 fully saturated rings. The molecular formula is C12H17NO2S. The number of primary amides is 1. The molecule has 2 N–H and O–H groups in total. The van der Waals surface area contributed by atoms with Gasteiger partial charge in [0.15, 0.2) is 0 Å². The molecule has 1 aromatic carbocycles. The van der Waals surface area contributed by atoms with Crippen molar-refractivity contribution in [2.24, 2.45) is 11.7 Å². The molecule has 0 aliphatic heterocycles. The smallest absolute Gasteiger partial charge is 0.404 e. The van der Waals surface area contributed by atoms with E-state index in [0.29, 0.717) is 5.92 Å². The minimum Gasteiger partial charge on any atom is -0.445 e. The third-order valence-corrected chi connectivity index (χ3v) is 3.46. The lowest BCUT2D eigenvalue weighted by Crippen LogP contribution is -2.12. The summed E-state index contributed by atoms with van der Waals surface area (Å²) in [7, 11) is 0. The van der Waals surface area contributed by atoms with Crippen LogP contribution in [-0.2, 0) is 11.3 Å². The predicted octanol–water partition coefficient (Wildman–Crippen LogP) is 3.03. The van der Waals surface area contributed by atoms with Crippen molar-refractivity contribution in [2.45, 2.75) is 25.3 Å². The number of hydrogen-bond donors (Lipinski definition) is 1. The van der Waals surface area contributed by atoms with Gasteiger partial charge >= 0.3 is 6.09 Å². The van der Waals surface area contributed by atoms with Gasteiger partial charge in [-0.15, -0.1) is 11.8 Å². The lowest BCUT2D eigenvalue weighted by molar-refractivity contribution is 0.149. The zero-order valence-electron chi connectivity index (χ0n) is 9.60. The molecule has 16 heavy (non-hydrogen) atoms. The van der Waals surface area contributed by atoms with Gasteiger partial charge in [0, 0.05) is 16.2 Å². The van der Waals surface area contributed by atoms with Crippen LogP contribution in [0.25, 0.3) is 0 Å². The highest BCUT2D eigenvalue weighted by molar-refractivity contribution is 7.99. The second kappa shape index (κ2) is 6.43. The molecule has 0 heterocycles. The third kappa shape index (κ3) is 4.57. The summed E-state index contributed by atoms with van der Waals surface area (Å²) in [6, 6.07) is 7.90. The van der Waals surface area contributed by atoms with Gasteiger partial charge in [-0.05, 0) is 12.0 Å². The van der Waals surface area contributed by atoms with E-state index in [9.17, 15) is 4.79 Å². The molecule has 0 radical (unpaired) electrons. The number of amides is 1. The summed E-state index contributed by atoms with van der Waals surface area (Å²) in [6.07, 6.45) is -0.733. The Hall–Kier alpha value is -1.16. The van der Waals surface area contributed by atoms with Crippen LogP contribution in [0.3, 0.4) is 0 Å². The van der Waals surface area contributed by atoms with Crippen molar-refractivity contribution in [3.05, 3.63) is 29.8 Å². The summed E-state index contributed by atoms with van der Waals surface area (Å²) >= 11 is 1.77. The van der Waals surface area contributed by atoms with E-state index in [-0.39, 0.29) is 6.61 Å². The monoisotopic (exact) mass is 239 g/mol. The van der Waals surface area contributed by atoms with Crippen molar-refractivity contribution >= 4 is 17.9 Å². The number of thioether (sulfide) groups is 1. The van der Waals surface area contributed by atoms with Crippen molar-refractivity contribution in [1.82, 2.24) is 0 Å². The van der Waals surface area contributed by atoms with Crippen molar-refractivity contribution in [3.8, 4) is 0 Å². The van der Waals surface area contributed by atoms with Crippen LogP contribution in [0.5, 0.6) is 0 Å². The standard InChI is InChI=1S/C12H17NO2S/c1-9(2)8-16-11-6-4-3-5-10(11)7-15-12(13)14/h3-6,9H,7-8H2,1-2H3,(H2,13,14). The molecule has 0 unspecified atom stereocenters. The quantitative estimate of drug-likeness (QED) is 0.803. The van der Waals surface area contributed by atoms with Crippen LogP contribution in [0.4, 0.5) is 4.79 Å². The van der Waals surface area contributed by atoms with E-state index < -0.39 is 6.09 Å². The molecule has 0 atom stereocenters. The van der Waals surface area contributed by atoms with Crippen molar-refractivity contribution < 1.29 is 9.53 Å². The van der Waals surface area contributed by atoms with E-state index >= 15 is 0 Å². The molecule has 0 saturated heterocycles. The second-order valence-corrected chi connectivity index (χ2v) is 4.98. The maximum Gasteiger partial charge on any atom is 0.404 e. The summed E-state index contributed by atoms with van der Waals surface area (Å²) in [5, 5.41) is 0. The molecular weight excluding hydrogens is 222 g/mol. The number of hydrogen-bond acceptors (Lipinski definition) is 3. The molecule has 3 nitrogen and oxygen atoms in total. The van der Waals surface area contributed by atoms with Gasteiger partial charge in [0.25, 0.3) is 0 Å². The van der Waals surface area contributed by atoms with E-state index in [1.807, 2.05) is 24.3 Å². The topological polar surface area (TPSA) is 52.3 Å². The Morgan fingerprint density at radius 1 is 1.44 bits per heavy atom. The first-order valence-electron chi connectivity index (χ1n) is 5.22. The fourth-order valence-corrected chi connectivity index (χ4v) is 2.17. The Morgan fingerprint density at radius 3 is 2.75 bits per heavy atom. The van der Waals surface area contributed by atoms with Crippen molar-refractivity contribution in [1.29, 1.82) is 0 Å². The fourth-order valence-electron chi connectivity index (χ4n) is 1.17. The summed E-state index contributed by atoms with van der Waals surface area (Å²) in [5.74, 6) is 1.68. The highest BCUT2D eigenvalue weighted by Crippen LogP contribution is 2.25. The molecule has 0 spiro atoms. The van der Waals surface area contributed by atoms with E-state index in [4.69, 9.17) is 10.5 Å². The molecule has 1 aromatic rings. The Balaban J connectivity index is 2.63. The largest absolute Gasteiger partial charge is 0.445 e. The van der Waals surface area contributed by atoms with Gasteiger partial charge in [0.1, 0.15) is 6.61 Å². The molecule has 88 valence electrons. The van der Waals surface area contributed by atoms with E-state index in [2.05, 4.69) is 13.8 Å². The summed E-state index contributed by atoms with van der Waals surface area (Å²) in [4.78, 5) is 11.7. The number of rotatable bonds is 5. The van der Waals surface area contributed by atoms with Crippen LogP contribution in [0.1, 0.15) is 19.4 Å². The van der Waals surface area contributed by atoms with Gasteiger partial charge in [-0.3, -0.25) is 0 Å². The van der Waals surface area contributed by atoms with Gasteiger partial charge in [0.2, 0.25) is 0 Å². The van der Waals surface area contributed by atoms with E-state index in [1.165, 1.54) is 0 Å². The number of ether oxygens (including phenoxy) is 1. The maximum absolute atomic E-state index is 10.5. The Kier molecular flexibility index (Phi) is 5.19. The Bertz CT molecular complexity index is 353. The highest BCUT2D eigenvalue weighted by Gasteiger charge is 2.05. The van der Waals surface area contributed by atoms with Crippen LogP contribution in [0, 0.1) is 5.92 Å². The summed E-state index contributed by atoms with van der Waals surface area (Å²) in [6.45, 7) is 4.60. The van der Waals surface area contributed by atoms with E-state index in [0.717, 1.165) is 16.2 Å². The molecule has 0 bridgehead atoms. The van der Waals surface area contributed by atoms with Crippen molar-refractivity contribution in [2.75, 3.05) is 5.75 Å². The third-order valence-electron chi connectivity index (χ3n) is 1.91. The maximum atomic E-state index is 10.5. The number of carbonyl (C=O) groups excluding carboxylic acids is 1. The first-order valence-corrected chi connectivity index (χ1v) is 6.21. The van der Waals surface area contributed by atoms with Crippen LogP contribution in [0.15, 0.2) is 29.2 Å².